The van der Waals surface area contributed by atoms with Crippen LogP contribution < -0.4 is 0 Å². The summed E-state index contributed by atoms with van der Waals surface area (Å²) in [6, 6.07) is 97.9. The van der Waals surface area contributed by atoms with Gasteiger partial charge in [0.05, 0.1) is 0 Å². The molecule has 13 rings (SSSR count). The van der Waals surface area contributed by atoms with Gasteiger partial charge in [-0.15, -0.1) is 108 Å². The summed E-state index contributed by atoms with van der Waals surface area (Å²) in [6.07, 6.45) is 6.02. The Labute approximate surface area is 451 Å². The molecule has 3 nitrogen and oxygen atoms in total. The van der Waals surface area contributed by atoms with E-state index in [0.717, 1.165) is 112 Å². The summed E-state index contributed by atoms with van der Waals surface area (Å²) in [7, 11) is 0. The van der Waals surface area contributed by atoms with Crippen LogP contribution in [0.15, 0.2) is 267 Å². The van der Waals surface area contributed by atoms with Gasteiger partial charge in [-0.25, -0.2) is 0 Å². The first-order valence-corrected chi connectivity index (χ1v) is 24.9. The molecule has 3 aromatic heterocycles. The van der Waals surface area contributed by atoms with Crippen molar-refractivity contribution in [1.82, 2.24) is 15.0 Å². The van der Waals surface area contributed by atoms with Gasteiger partial charge in [0.15, 0.2) is 0 Å². The predicted molar refractivity (Wildman–Crippen MR) is 306 cm³/mol. The first kappa shape index (κ1) is 46.9. The van der Waals surface area contributed by atoms with Gasteiger partial charge in [-0.05, 0) is 135 Å². The minimum absolute atomic E-state index is 0. The van der Waals surface area contributed by atoms with Gasteiger partial charge >= 0.3 is 20.1 Å². The zero-order chi connectivity index (χ0) is 49.2. The summed E-state index contributed by atoms with van der Waals surface area (Å²) in [4.78, 5) is 15.1. The average Bonchev–Trinajstić information content (AvgIpc) is 3.49. The Bertz CT molecular complexity index is 4010. The van der Waals surface area contributed by atoms with Crippen molar-refractivity contribution in [1.29, 1.82) is 0 Å². The second-order valence-electron chi connectivity index (χ2n) is 18.5. The second-order valence-corrected chi connectivity index (χ2v) is 18.5. The first-order chi connectivity index (χ1) is 36.7. The number of nitrogens with zero attached hydrogens (tertiary/aromatic N) is 3. The van der Waals surface area contributed by atoms with E-state index in [-0.39, 0.29) is 20.1 Å². The van der Waals surface area contributed by atoms with E-state index in [2.05, 4.69) is 206 Å². The van der Waals surface area contributed by atoms with E-state index in [1.807, 2.05) is 79.1 Å². The second kappa shape index (κ2) is 20.7. The summed E-state index contributed by atoms with van der Waals surface area (Å²) in [5.74, 6) is 0. The van der Waals surface area contributed by atoms with E-state index < -0.39 is 0 Å². The van der Waals surface area contributed by atoms with Gasteiger partial charge in [0.25, 0.3) is 0 Å². The van der Waals surface area contributed by atoms with Crippen LogP contribution in [0.1, 0.15) is 0 Å². The number of pyridine rings is 3. The predicted octanol–water partition coefficient (Wildman–Crippen LogP) is 18.2. The third-order valence-electron chi connectivity index (χ3n) is 14.0. The van der Waals surface area contributed by atoms with E-state index in [1.54, 1.807) is 0 Å². The molecule has 0 amide bonds. The maximum atomic E-state index is 5.17. The maximum Gasteiger partial charge on any atom is 3.00 e. The van der Waals surface area contributed by atoms with E-state index in [0.29, 0.717) is 0 Å². The van der Waals surface area contributed by atoms with E-state index in [1.165, 1.54) is 21.5 Å². The quantitative estimate of drug-likeness (QED) is 0.101. The van der Waals surface area contributed by atoms with Crippen molar-refractivity contribution in [2.45, 2.75) is 0 Å². The summed E-state index contributed by atoms with van der Waals surface area (Å²) in [6.45, 7) is 0. The molecular weight excluding hydrogens is 1090 g/mol. The molecule has 0 aliphatic rings. The minimum Gasteiger partial charge on any atom is -0.304 e. The molecule has 75 heavy (non-hydrogen) atoms. The molecule has 4 heteroatoms. The fraction of sp³-hybridized carbons (Fsp3) is 0. The number of aromatic nitrogens is 3. The van der Waals surface area contributed by atoms with Crippen LogP contribution in [-0.2, 0) is 20.1 Å². The molecule has 0 aliphatic heterocycles. The Morgan fingerprint density at radius 2 is 0.653 bits per heavy atom. The molecule has 0 radical (unpaired) electrons. The van der Waals surface area contributed by atoms with Crippen molar-refractivity contribution in [3.05, 3.63) is 286 Å². The molecule has 0 fully saturated rings. The molecule has 3 heterocycles. The topological polar surface area (TPSA) is 38.7 Å². The molecule has 0 unspecified atom stereocenters. The molecule has 0 aliphatic carbocycles. The van der Waals surface area contributed by atoms with Gasteiger partial charge in [-0.3, -0.25) is 0 Å². The molecule has 0 saturated heterocycles. The molecule has 10 aromatic carbocycles. The van der Waals surface area contributed by atoms with Gasteiger partial charge in [-0.2, -0.15) is 0 Å². The Kier molecular flexibility index (Phi) is 13.0. The molecule has 0 saturated carbocycles. The summed E-state index contributed by atoms with van der Waals surface area (Å²) in [5, 5.41) is 4.89. The fourth-order valence-corrected chi connectivity index (χ4v) is 10.4. The van der Waals surface area contributed by atoms with Crippen molar-refractivity contribution in [3.63, 3.8) is 0 Å². The van der Waals surface area contributed by atoms with Crippen molar-refractivity contribution < 1.29 is 20.1 Å². The maximum absolute atomic E-state index is 5.17. The zero-order valence-corrected chi connectivity index (χ0v) is 43.0. The summed E-state index contributed by atoms with van der Waals surface area (Å²) < 4.78 is 0. The van der Waals surface area contributed by atoms with Gasteiger partial charge in [0.2, 0.25) is 0 Å². The molecule has 0 N–H and O–H groups in total. The molecule has 0 atom stereocenters. The average molecular weight is 1130 g/mol. The molecule has 352 valence electrons. The fourth-order valence-electron chi connectivity index (χ4n) is 10.4. The first-order valence-electron chi connectivity index (χ1n) is 24.9. The Morgan fingerprint density at radius 1 is 0.240 bits per heavy atom. The normalized spacial score (nSPS) is 11.1. The van der Waals surface area contributed by atoms with Crippen LogP contribution >= 0.6 is 0 Å². The Hall–Kier alpha value is -9.18. The van der Waals surface area contributed by atoms with Crippen LogP contribution in [0.5, 0.6) is 0 Å². The monoisotopic (exact) mass is 1130 g/mol. The number of fused-ring (bicyclic) bond motifs is 3. The molecule has 0 bridgehead atoms. The third kappa shape index (κ3) is 9.30. The van der Waals surface area contributed by atoms with Crippen molar-refractivity contribution >= 4 is 21.5 Å². The molecular formula is C71H44IrN3. The number of hydrogen-bond acceptors (Lipinski definition) is 3. The number of rotatable bonds is 10. The molecule has 0 spiro atoms. The largest absolute Gasteiger partial charge is 3.00 e. The van der Waals surface area contributed by atoms with Gasteiger partial charge in [0, 0.05) is 24.2 Å². The molecule has 13 aromatic rings. The van der Waals surface area contributed by atoms with Crippen LogP contribution in [0.2, 0.25) is 0 Å². The van der Waals surface area contributed by atoms with Crippen molar-refractivity contribution in [2.75, 3.05) is 0 Å². The van der Waals surface area contributed by atoms with Crippen molar-refractivity contribution in [2.24, 2.45) is 0 Å². The smallest absolute Gasteiger partial charge is 0.304 e. The van der Waals surface area contributed by atoms with Crippen molar-refractivity contribution in [3.8, 4) is 112 Å². The van der Waals surface area contributed by atoms with Gasteiger partial charge in [-0.1, -0.05) is 152 Å². The SMILES string of the molecule is [Ir+3].[c-]1ccccc1-c1ccc(-c2ccccc2-c2cc(-c3ccccc3-c3ccc(-c4[c-]cccc4)nc3)cc(-c3ccccc3-c3cnc(-c4[c-]cccc4)cc3-c3ccc4c(ccc5ccccc54)c3)c2)cn1. The van der Waals surface area contributed by atoms with Crippen LogP contribution in [0.25, 0.3) is 133 Å². The number of hydrogen-bond donors (Lipinski definition) is 0. The standard InChI is InChI=1S/C71H44N3.Ir/c1-4-19-49(20-5-1)69-38-35-54(45-72-69)60-26-12-14-28-62(60)56-41-57(63-29-15-13-27-61(63)55-36-39-70(73-46-55)50-21-6-2-7-22-50)43-58(42-56)64-30-16-17-31-66(64)68-47-74-71(51-23-8-3-9-24-51)44-67(68)53-34-37-65-52(40-53)33-32-48-18-10-11-25-59(48)65;/h1-19,21,23,25-47H;/q-3;+3. The van der Waals surface area contributed by atoms with E-state index in [9.17, 15) is 0 Å². The van der Waals surface area contributed by atoms with Crippen LogP contribution in [0, 0.1) is 18.2 Å². The minimum atomic E-state index is 0. The number of benzene rings is 10. The van der Waals surface area contributed by atoms with E-state index >= 15 is 0 Å². The third-order valence-corrected chi connectivity index (χ3v) is 14.0. The Morgan fingerprint density at radius 3 is 1.16 bits per heavy atom. The van der Waals surface area contributed by atoms with Gasteiger partial charge in [0.1, 0.15) is 0 Å². The van der Waals surface area contributed by atoms with Crippen LogP contribution in [-0.4, -0.2) is 15.0 Å². The van der Waals surface area contributed by atoms with Gasteiger partial charge < -0.3 is 15.0 Å². The summed E-state index contributed by atoms with van der Waals surface area (Å²) >= 11 is 0. The van der Waals surface area contributed by atoms with Crippen LogP contribution in [0.3, 0.4) is 0 Å². The summed E-state index contributed by atoms with van der Waals surface area (Å²) in [5.41, 5.74) is 20.6. The Balaban J connectivity index is 0.00000569. The van der Waals surface area contributed by atoms with Crippen LogP contribution in [0.4, 0.5) is 0 Å². The van der Waals surface area contributed by atoms with E-state index in [4.69, 9.17) is 15.0 Å². The zero-order valence-electron chi connectivity index (χ0n) is 40.6.